The van der Waals surface area contributed by atoms with E-state index in [9.17, 15) is 9.90 Å². The van der Waals surface area contributed by atoms with Crippen LogP contribution in [0, 0.1) is 0 Å². The van der Waals surface area contributed by atoms with Gasteiger partial charge in [0.1, 0.15) is 0 Å². The largest absolute Gasteiger partial charge is 0.394 e. The van der Waals surface area contributed by atoms with E-state index in [1.165, 1.54) is 0 Å². The van der Waals surface area contributed by atoms with Crippen LogP contribution in [0.5, 0.6) is 0 Å². The monoisotopic (exact) mass is 332 g/mol. The zero-order chi connectivity index (χ0) is 17.6. The van der Waals surface area contributed by atoms with Gasteiger partial charge in [-0.05, 0) is 32.4 Å². The number of urea groups is 1. The molecule has 0 fully saturated rings. The normalized spacial score (nSPS) is 14.7. The second-order valence-electron chi connectivity index (χ2n) is 6.11. The highest BCUT2D eigenvalue weighted by Crippen LogP contribution is 2.19. The number of aliphatic hydroxyl groups excluding tert-OH is 1. The summed E-state index contributed by atoms with van der Waals surface area (Å²) < 4.78 is 5.24. The quantitative estimate of drug-likeness (QED) is 0.724. The number of nitrogens with zero attached hydrogens (tertiary/aromatic N) is 2. The van der Waals surface area contributed by atoms with Crippen LogP contribution in [0.25, 0.3) is 11.5 Å². The fourth-order valence-corrected chi connectivity index (χ4v) is 2.41. The van der Waals surface area contributed by atoms with Crippen LogP contribution in [-0.2, 0) is 0 Å². The number of amides is 2. The summed E-state index contributed by atoms with van der Waals surface area (Å²) in [4.78, 5) is 16.5. The predicted molar refractivity (Wildman–Crippen MR) is 90.2 cm³/mol. The van der Waals surface area contributed by atoms with E-state index in [0.29, 0.717) is 18.1 Å². The summed E-state index contributed by atoms with van der Waals surface area (Å²) in [6.07, 6.45) is 1.55. The minimum atomic E-state index is -0.648. The van der Waals surface area contributed by atoms with Gasteiger partial charge >= 0.3 is 6.03 Å². The highest BCUT2D eigenvalue weighted by molar-refractivity contribution is 5.75. The van der Waals surface area contributed by atoms with E-state index in [0.717, 1.165) is 12.0 Å². The smallest absolute Gasteiger partial charge is 0.315 e. The first-order valence-electron chi connectivity index (χ1n) is 8.06. The van der Waals surface area contributed by atoms with Crippen molar-refractivity contribution in [2.24, 2.45) is 0 Å². The molecule has 0 aliphatic carbocycles. The highest BCUT2D eigenvalue weighted by atomic mass is 16.5. The van der Waals surface area contributed by atoms with Gasteiger partial charge in [-0.1, -0.05) is 36.7 Å². The first kappa shape index (κ1) is 17.9. The summed E-state index contributed by atoms with van der Waals surface area (Å²) in [5, 5.41) is 18.9. The van der Waals surface area contributed by atoms with E-state index in [2.05, 4.69) is 20.8 Å². The van der Waals surface area contributed by atoms with Crippen molar-refractivity contribution in [3.8, 4) is 11.5 Å². The number of carbonyl (C=O) groups excluding carboxylic acids is 1. The Balaban J connectivity index is 1.98. The van der Waals surface area contributed by atoms with Crippen molar-refractivity contribution in [1.29, 1.82) is 0 Å². The number of hydrogen-bond acceptors (Lipinski definition) is 5. The van der Waals surface area contributed by atoms with E-state index >= 15 is 0 Å². The maximum atomic E-state index is 12.1. The molecule has 0 bridgehead atoms. The Kier molecular flexibility index (Phi) is 5.92. The van der Waals surface area contributed by atoms with Gasteiger partial charge in [-0.15, -0.1) is 0 Å². The van der Waals surface area contributed by atoms with Crippen LogP contribution in [0.15, 0.2) is 34.9 Å². The average molecular weight is 332 g/mol. The number of hydrogen-bond donors (Lipinski definition) is 3. The number of benzene rings is 1. The van der Waals surface area contributed by atoms with E-state index in [4.69, 9.17) is 4.52 Å². The highest BCUT2D eigenvalue weighted by Gasteiger charge is 2.26. The molecular weight excluding hydrogens is 308 g/mol. The number of nitrogens with one attached hydrogen (secondary N) is 2. The van der Waals surface area contributed by atoms with Crippen LogP contribution in [0.4, 0.5) is 4.79 Å². The number of rotatable bonds is 7. The molecule has 2 aromatic rings. The Bertz CT molecular complexity index is 659. The van der Waals surface area contributed by atoms with Crippen LogP contribution >= 0.6 is 0 Å². The van der Waals surface area contributed by atoms with Gasteiger partial charge in [-0.2, -0.15) is 4.98 Å². The third-order valence-corrected chi connectivity index (χ3v) is 3.76. The van der Waals surface area contributed by atoms with Gasteiger partial charge in [0.15, 0.2) is 5.82 Å². The van der Waals surface area contributed by atoms with Gasteiger partial charge in [-0.3, -0.25) is 0 Å². The predicted octanol–water partition coefficient (Wildman–Crippen LogP) is 2.65. The van der Waals surface area contributed by atoms with Crippen molar-refractivity contribution in [2.75, 3.05) is 6.61 Å². The molecule has 24 heavy (non-hydrogen) atoms. The van der Waals surface area contributed by atoms with Crippen LogP contribution in [-0.4, -0.2) is 33.4 Å². The molecule has 0 saturated carbocycles. The number of carbonyl (C=O) groups is 1. The molecule has 1 aromatic carbocycles. The lowest BCUT2D eigenvalue weighted by Gasteiger charge is -2.28. The maximum Gasteiger partial charge on any atom is 0.315 e. The van der Waals surface area contributed by atoms with Crippen molar-refractivity contribution in [3.63, 3.8) is 0 Å². The van der Waals surface area contributed by atoms with E-state index < -0.39 is 11.6 Å². The van der Waals surface area contributed by atoms with Crippen molar-refractivity contribution < 1.29 is 14.4 Å². The van der Waals surface area contributed by atoms with Gasteiger partial charge < -0.3 is 20.3 Å². The molecule has 2 unspecified atom stereocenters. The molecule has 0 aliphatic heterocycles. The maximum absolute atomic E-state index is 12.1. The van der Waals surface area contributed by atoms with Crippen molar-refractivity contribution in [3.05, 3.63) is 36.2 Å². The van der Waals surface area contributed by atoms with Crippen LogP contribution in [0.3, 0.4) is 0 Å². The molecule has 0 radical (unpaired) electrons. The van der Waals surface area contributed by atoms with Crippen molar-refractivity contribution in [2.45, 2.75) is 45.2 Å². The Morgan fingerprint density at radius 2 is 2.08 bits per heavy atom. The molecule has 3 N–H and O–H groups in total. The molecule has 7 heteroatoms. The summed E-state index contributed by atoms with van der Waals surface area (Å²) in [7, 11) is 0. The zero-order valence-electron chi connectivity index (χ0n) is 14.2. The first-order chi connectivity index (χ1) is 11.5. The fourth-order valence-electron chi connectivity index (χ4n) is 2.41. The van der Waals surface area contributed by atoms with Crippen molar-refractivity contribution >= 4 is 6.03 Å². The fraction of sp³-hybridized carbons (Fsp3) is 0.471. The Hall–Kier alpha value is -2.41. The molecule has 0 spiro atoms. The summed E-state index contributed by atoms with van der Waals surface area (Å²) in [6.45, 7) is 5.46. The SMILES string of the molecule is CCCC(C)(CO)NC(=O)NC(C)c1noc(-c2ccccc2)n1. The Morgan fingerprint density at radius 1 is 1.38 bits per heavy atom. The lowest BCUT2D eigenvalue weighted by Crippen LogP contribution is -2.52. The summed E-state index contributed by atoms with van der Waals surface area (Å²) in [5.41, 5.74) is 0.175. The molecule has 1 heterocycles. The minimum Gasteiger partial charge on any atom is -0.394 e. The number of aliphatic hydroxyl groups is 1. The molecule has 2 amide bonds. The first-order valence-corrected chi connectivity index (χ1v) is 8.06. The molecule has 2 rings (SSSR count). The molecule has 7 nitrogen and oxygen atoms in total. The van der Waals surface area contributed by atoms with Gasteiger partial charge in [0.25, 0.3) is 5.89 Å². The van der Waals surface area contributed by atoms with Crippen LogP contribution in [0.1, 0.15) is 45.5 Å². The Labute approximate surface area is 141 Å². The third-order valence-electron chi connectivity index (χ3n) is 3.76. The molecule has 130 valence electrons. The lowest BCUT2D eigenvalue weighted by atomic mass is 9.98. The second-order valence-corrected chi connectivity index (χ2v) is 6.11. The zero-order valence-corrected chi connectivity index (χ0v) is 14.2. The third kappa shape index (κ3) is 4.55. The second kappa shape index (κ2) is 7.92. The Morgan fingerprint density at radius 3 is 2.71 bits per heavy atom. The van der Waals surface area contributed by atoms with Gasteiger partial charge in [0.05, 0.1) is 18.2 Å². The molecule has 0 aliphatic rings. The van der Waals surface area contributed by atoms with Crippen LogP contribution < -0.4 is 10.6 Å². The lowest BCUT2D eigenvalue weighted by molar-refractivity contribution is 0.162. The van der Waals surface area contributed by atoms with Gasteiger partial charge in [0.2, 0.25) is 0 Å². The molecule has 0 saturated heterocycles. The van der Waals surface area contributed by atoms with Gasteiger partial charge in [-0.25, -0.2) is 4.79 Å². The van der Waals surface area contributed by atoms with Crippen LogP contribution in [0.2, 0.25) is 0 Å². The summed E-state index contributed by atoms with van der Waals surface area (Å²) in [5.74, 6) is 0.802. The summed E-state index contributed by atoms with van der Waals surface area (Å²) >= 11 is 0. The topological polar surface area (TPSA) is 100 Å². The standard InChI is InChI=1S/C17H24N4O3/c1-4-10-17(3,11-22)20-16(23)18-12(2)14-19-15(24-21-14)13-8-6-5-7-9-13/h5-9,12,22H,4,10-11H2,1-3H3,(H2,18,20,23). The average Bonchev–Trinajstić information content (AvgIpc) is 3.06. The summed E-state index contributed by atoms with van der Waals surface area (Å²) in [6, 6.07) is 8.63. The van der Waals surface area contributed by atoms with Crippen molar-refractivity contribution in [1.82, 2.24) is 20.8 Å². The number of aromatic nitrogens is 2. The molecule has 1 aromatic heterocycles. The van der Waals surface area contributed by atoms with E-state index in [1.807, 2.05) is 44.2 Å². The van der Waals surface area contributed by atoms with E-state index in [-0.39, 0.29) is 12.6 Å². The van der Waals surface area contributed by atoms with Gasteiger partial charge in [0, 0.05) is 5.56 Å². The molecular formula is C17H24N4O3. The minimum absolute atomic E-state index is 0.122. The molecule has 2 atom stereocenters. The van der Waals surface area contributed by atoms with E-state index in [1.54, 1.807) is 6.92 Å².